The molecule has 2 N–H and O–H groups in total. The second kappa shape index (κ2) is 7.74. The Morgan fingerprint density at radius 3 is 2.70 bits per heavy atom. The highest BCUT2D eigenvalue weighted by molar-refractivity contribution is 7.18. The summed E-state index contributed by atoms with van der Waals surface area (Å²) < 4.78 is 2.89. The SMILES string of the molecule is CNC(C)c1cn(C(C)(C)CC(=O)NC(C)c2nc3ccccc3s2)nn1. The normalized spacial score (nSPS) is 14.3. The van der Waals surface area contributed by atoms with Crippen LogP contribution in [0.3, 0.4) is 0 Å². The number of carbonyl (C=O) groups excluding carboxylic acids is 1. The number of thiazole rings is 1. The van der Waals surface area contributed by atoms with Crippen LogP contribution in [0.4, 0.5) is 0 Å². The molecule has 3 rings (SSSR count). The summed E-state index contributed by atoms with van der Waals surface area (Å²) in [6.07, 6.45) is 2.20. The van der Waals surface area contributed by atoms with Crippen molar-refractivity contribution in [3.8, 4) is 0 Å². The number of nitrogens with one attached hydrogen (secondary N) is 2. The van der Waals surface area contributed by atoms with E-state index in [4.69, 9.17) is 0 Å². The van der Waals surface area contributed by atoms with Crippen LogP contribution < -0.4 is 10.6 Å². The molecule has 1 amide bonds. The van der Waals surface area contributed by atoms with E-state index in [1.54, 1.807) is 16.0 Å². The van der Waals surface area contributed by atoms with E-state index in [1.807, 2.05) is 65.2 Å². The van der Waals surface area contributed by atoms with Crippen molar-refractivity contribution in [2.45, 2.75) is 51.7 Å². The summed E-state index contributed by atoms with van der Waals surface area (Å²) in [6, 6.07) is 7.98. The van der Waals surface area contributed by atoms with E-state index in [0.717, 1.165) is 20.9 Å². The van der Waals surface area contributed by atoms with E-state index in [2.05, 4.69) is 25.9 Å². The molecule has 0 radical (unpaired) electrons. The van der Waals surface area contributed by atoms with E-state index in [0.29, 0.717) is 6.42 Å². The number of rotatable bonds is 7. The number of hydrogen-bond donors (Lipinski definition) is 2. The molecule has 3 aromatic rings. The highest BCUT2D eigenvalue weighted by atomic mass is 32.1. The Bertz CT molecular complexity index is 898. The van der Waals surface area contributed by atoms with E-state index < -0.39 is 5.54 Å². The van der Waals surface area contributed by atoms with Crippen molar-refractivity contribution in [1.82, 2.24) is 30.6 Å². The molecule has 2 heterocycles. The average molecular weight is 387 g/mol. The van der Waals surface area contributed by atoms with Gasteiger partial charge in [-0.1, -0.05) is 17.3 Å². The summed E-state index contributed by atoms with van der Waals surface area (Å²) in [5.74, 6) is -0.0366. The van der Waals surface area contributed by atoms with Crippen LogP contribution in [0, 0.1) is 0 Å². The number of fused-ring (bicyclic) bond motifs is 1. The minimum Gasteiger partial charge on any atom is -0.347 e. The molecule has 1 aromatic carbocycles. The molecule has 144 valence electrons. The zero-order chi connectivity index (χ0) is 19.6. The molecule has 2 atom stereocenters. The van der Waals surface area contributed by atoms with Gasteiger partial charge in [0.05, 0.1) is 40.1 Å². The molecule has 27 heavy (non-hydrogen) atoms. The molecule has 2 aromatic heterocycles. The van der Waals surface area contributed by atoms with Gasteiger partial charge in [-0.2, -0.15) is 0 Å². The first-order valence-electron chi connectivity index (χ1n) is 9.05. The van der Waals surface area contributed by atoms with Gasteiger partial charge in [0, 0.05) is 6.04 Å². The Labute approximate surface area is 163 Å². The highest BCUT2D eigenvalue weighted by Gasteiger charge is 2.27. The molecule has 0 aliphatic heterocycles. The first-order valence-corrected chi connectivity index (χ1v) is 9.86. The maximum Gasteiger partial charge on any atom is 0.222 e. The Morgan fingerprint density at radius 2 is 2.00 bits per heavy atom. The third-order valence-electron chi connectivity index (χ3n) is 4.66. The lowest BCUT2D eigenvalue weighted by Gasteiger charge is -2.24. The number of para-hydroxylation sites is 1. The van der Waals surface area contributed by atoms with Gasteiger partial charge in [-0.15, -0.1) is 16.4 Å². The van der Waals surface area contributed by atoms with Crippen LogP contribution >= 0.6 is 11.3 Å². The molecule has 2 unspecified atom stereocenters. The van der Waals surface area contributed by atoms with Crippen LogP contribution in [0.15, 0.2) is 30.5 Å². The lowest BCUT2D eigenvalue weighted by Crippen LogP contribution is -2.36. The van der Waals surface area contributed by atoms with Gasteiger partial charge >= 0.3 is 0 Å². The van der Waals surface area contributed by atoms with Gasteiger partial charge in [-0.25, -0.2) is 9.67 Å². The summed E-state index contributed by atoms with van der Waals surface area (Å²) in [5.41, 5.74) is 1.34. The lowest BCUT2D eigenvalue weighted by molar-refractivity contribution is -0.123. The Balaban J connectivity index is 1.65. The maximum absolute atomic E-state index is 12.6. The molecule has 8 heteroatoms. The first-order chi connectivity index (χ1) is 12.8. The molecule has 0 bridgehead atoms. The van der Waals surface area contributed by atoms with Crippen molar-refractivity contribution in [3.05, 3.63) is 41.2 Å². The highest BCUT2D eigenvalue weighted by Crippen LogP contribution is 2.27. The summed E-state index contributed by atoms with van der Waals surface area (Å²) in [4.78, 5) is 17.2. The molecular formula is C19H26N6OS. The number of hydrogen-bond acceptors (Lipinski definition) is 6. The Morgan fingerprint density at radius 1 is 1.26 bits per heavy atom. The fourth-order valence-corrected chi connectivity index (χ4v) is 3.79. The van der Waals surface area contributed by atoms with Gasteiger partial charge in [0.25, 0.3) is 0 Å². The second-order valence-corrected chi connectivity index (χ2v) is 8.46. The van der Waals surface area contributed by atoms with Gasteiger partial charge in [-0.3, -0.25) is 4.79 Å². The monoisotopic (exact) mass is 386 g/mol. The molecule has 0 saturated heterocycles. The Kier molecular flexibility index (Phi) is 5.57. The van der Waals surface area contributed by atoms with Crippen molar-refractivity contribution >= 4 is 27.5 Å². The summed E-state index contributed by atoms with van der Waals surface area (Å²) in [5, 5.41) is 15.5. The second-order valence-electron chi connectivity index (χ2n) is 7.40. The van der Waals surface area contributed by atoms with Crippen LogP contribution in [0.2, 0.25) is 0 Å². The predicted molar refractivity (Wildman–Crippen MR) is 108 cm³/mol. The number of amides is 1. The number of aromatic nitrogens is 4. The van der Waals surface area contributed by atoms with Crippen LogP contribution in [0.5, 0.6) is 0 Å². The third-order valence-corrected chi connectivity index (χ3v) is 5.88. The molecule has 7 nitrogen and oxygen atoms in total. The van der Waals surface area contributed by atoms with Gasteiger partial charge in [0.1, 0.15) is 5.01 Å². The first kappa shape index (κ1) is 19.4. The van der Waals surface area contributed by atoms with Crippen molar-refractivity contribution < 1.29 is 4.79 Å². The molecule has 0 fully saturated rings. The standard InChI is InChI=1S/C19H26N6OS/c1-12(20-5)15-11-25(24-23-15)19(3,4)10-17(26)21-13(2)18-22-14-8-6-7-9-16(14)27-18/h6-9,11-13,20H,10H2,1-5H3,(H,21,26). The van der Waals surface area contributed by atoms with Gasteiger partial charge in [-0.05, 0) is 46.9 Å². The van der Waals surface area contributed by atoms with E-state index in [9.17, 15) is 4.79 Å². The predicted octanol–water partition coefficient (Wildman–Crippen LogP) is 3.17. The van der Waals surface area contributed by atoms with Crippen molar-refractivity contribution in [3.63, 3.8) is 0 Å². The maximum atomic E-state index is 12.6. The summed E-state index contributed by atoms with van der Waals surface area (Å²) in [7, 11) is 1.88. The van der Waals surface area contributed by atoms with Gasteiger partial charge in [0.15, 0.2) is 0 Å². The molecule has 0 aliphatic rings. The summed E-state index contributed by atoms with van der Waals surface area (Å²) >= 11 is 1.61. The molecular weight excluding hydrogens is 360 g/mol. The van der Waals surface area contributed by atoms with Crippen molar-refractivity contribution in [1.29, 1.82) is 0 Å². The van der Waals surface area contributed by atoms with Crippen LogP contribution in [-0.2, 0) is 10.3 Å². The van der Waals surface area contributed by atoms with Crippen molar-refractivity contribution in [2.24, 2.45) is 0 Å². The smallest absolute Gasteiger partial charge is 0.222 e. The van der Waals surface area contributed by atoms with Crippen LogP contribution in [-0.4, -0.2) is 32.9 Å². The fourth-order valence-electron chi connectivity index (χ4n) is 2.82. The minimum absolute atomic E-state index is 0.0366. The molecule has 0 aliphatic carbocycles. The quantitative estimate of drug-likeness (QED) is 0.651. The van der Waals surface area contributed by atoms with Crippen LogP contribution in [0.25, 0.3) is 10.2 Å². The number of nitrogens with zero attached hydrogens (tertiary/aromatic N) is 4. The molecule has 0 saturated carbocycles. The topological polar surface area (TPSA) is 84.7 Å². The minimum atomic E-state index is -0.476. The molecule has 0 spiro atoms. The zero-order valence-electron chi connectivity index (χ0n) is 16.4. The zero-order valence-corrected chi connectivity index (χ0v) is 17.2. The van der Waals surface area contributed by atoms with E-state index >= 15 is 0 Å². The summed E-state index contributed by atoms with van der Waals surface area (Å²) in [6.45, 7) is 7.95. The van der Waals surface area contributed by atoms with E-state index in [-0.39, 0.29) is 18.0 Å². The van der Waals surface area contributed by atoms with Gasteiger partial charge in [0.2, 0.25) is 5.91 Å². The average Bonchev–Trinajstić information content (AvgIpc) is 3.27. The van der Waals surface area contributed by atoms with E-state index in [1.165, 1.54) is 0 Å². The Hall–Kier alpha value is -2.32. The van der Waals surface area contributed by atoms with Crippen LogP contribution in [0.1, 0.15) is 56.9 Å². The number of carbonyl (C=O) groups is 1. The lowest BCUT2D eigenvalue weighted by atomic mass is 10.00. The number of benzene rings is 1. The third kappa shape index (κ3) is 4.33. The van der Waals surface area contributed by atoms with Crippen molar-refractivity contribution in [2.75, 3.05) is 7.05 Å². The largest absolute Gasteiger partial charge is 0.347 e. The van der Waals surface area contributed by atoms with Gasteiger partial charge < -0.3 is 10.6 Å². The fraction of sp³-hybridized carbons (Fsp3) is 0.474.